The van der Waals surface area contributed by atoms with E-state index in [0.717, 1.165) is 22.4 Å². The van der Waals surface area contributed by atoms with E-state index in [1.54, 1.807) is 13.0 Å². The smallest absolute Gasteiger partial charge is 0.341 e. The summed E-state index contributed by atoms with van der Waals surface area (Å²) in [6.45, 7) is 5.32. The highest BCUT2D eigenvalue weighted by molar-refractivity contribution is 7.17. The number of hydrogen-bond acceptors (Lipinski definition) is 6. The molecule has 0 spiro atoms. The van der Waals surface area contributed by atoms with Gasteiger partial charge in [-0.05, 0) is 37.5 Å². The Morgan fingerprint density at radius 3 is 2.46 bits per heavy atom. The lowest BCUT2D eigenvalue weighted by molar-refractivity contribution is -0.142. The second kappa shape index (κ2) is 10.4. The van der Waals surface area contributed by atoms with E-state index in [0.29, 0.717) is 10.6 Å². The molecule has 0 unspecified atom stereocenters. The Morgan fingerprint density at radius 2 is 1.82 bits per heavy atom. The Bertz CT molecular complexity index is 870. The minimum Gasteiger partial charge on any atom is -0.462 e. The maximum Gasteiger partial charge on any atom is 0.341 e. The Kier molecular flexibility index (Phi) is 7.95. The van der Waals surface area contributed by atoms with Crippen molar-refractivity contribution in [1.82, 2.24) is 0 Å². The van der Waals surface area contributed by atoms with Crippen molar-refractivity contribution in [3.63, 3.8) is 0 Å². The van der Waals surface area contributed by atoms with Crippen LogP contribution in [0.1, 0.15) is 40.2 Å². The molecule has 148 valence electrons. The number of carbonyl (C=O) groups is 3. The van der Waals surface area contributed by atoms with Crippen LogP contribution in [0.4, 0.5) is 5.00 Å². The van der Waals surface area contributed by atoms with Gasteiger partial charge in [0.2, 0.25) is 0 Å². The average molecular weight is 401 g/mol. The van der Waals surface area contributed by atoms with Gasteiger partial charge in [-0.2, -0.15) is 0 Å². The monoisotopic (exact) mass is 401 g/mol. The van der Waals surface area contributed by atoms with Crippen molar-refractivity contribution >= 4 is 40.3 Å². The van der Waals surface area contributed by atoms with Gasteiger partial charge < -0.3 is 14.8 Å². The second-order valence-corrected chi connectivity index (χ2v) is 6.93. The first kappa shape index (κ1) is 21.4. The number of rotatable bonds is 8. The van der Waals surface area contributed by atoms with Gasteiger partial charge in [-0.3, -0.25) is 4.79 Å². The van der Waals surface area contributed by atoms with Crippen molar-refractivity contribution in [2.75, 3.05) is 18.5 Å². The number of ether oxygens (including phenoxy) is 2. The van der Waals surface area contributed by atoms with Crippen LogP contribution in [-0.4, -0.2) is 31.1 Å². The lowest BCUT2D eigenvalue weighted by atomic mass is 10.1. The minimum absolute atomic E-state index is 0.244. The topological polar surface area (TPSA) is 81.7 Å². The van der Waals surface area contributed by atoms with Gasteiger partial charge in [-0.25, -0.2) is 9.59 Å². The van der Waals surface area contributed by atoms with E-state index in [1.165, 1.54) is 17.4 Å². The zero-order valence-electron chi connectivity index (χ0n) is 16.1. The number of carbonyl (C=O) groups excluding carboxylic acids is 3. The molecule has 7 heteroatoms. The Balaban J connectivity index is 1.98. The molecule has 0 bridgehead atoms. The third-order valence-electron chi connectivity index (χ3n) is 3.86. The first-order valence-electron chi connectivity index (χ1n) is 8.95. The Morgan fingerprint density at radius 1 is 1.11 bits per heavy atom. The van der Waals surface area contributed by atoms with Crippen molar-refractivity contribution in [3.05, 3.63) is 58.0 Å². The number of esters is 2. The Labute approximate surface area is 168 Å². The van der Waals surface area contributed by atoms with Gasteiger partial charge in [0.1, 0.15) is 5.00 Å². The molecule has 6 nitrogen and oxygen atoms in total. The van der Waals surface area contributed by atoms with Crippen LogP contribution < -0.4 is 5.32 Å². The molecule has 1 aromatic carbocycles. The average Bonchev–Trinajstić information content (AvgIpc) is 3.00. The predicted molar refractivity (Wildman–Crippen MR) is 109 cm³/mol. The highest BCUT2D eigenvalue weighted by Gasteiger charge is 2.23. The van der Waals surface area contributed by atoms with E-state index in [4.69, 9.17) is 9.47 Å². The normalized spacial score (nSPS) is 10.7. The molecule has 0 saturated carbocycles. The highest BCUT2D eigenvalue weighted by atomic mass is 32.1. The molecule has 1 N–H and O–H groups in total. The summed E-state index contributed by atoms with van der Waals surface area (Å²) in [5, 5.41) is 3.06. The van der Waals surface area contributed by atoms with Crippen molar-refractivity contribution in [3.8, 4) is 0 Å². The van der Waals surface area contributed by atoms with Gasteiger partial charge in [0.15, 0.2) is 6.61 Å². The van der Waals surface area contributed by atoms with Crippen molar-refractivity contribution in [2.45, 2.75) is 27.2 Å². The molecule has 1 amide bonds. The number of aryl methyl sites for hydroxylation is 1. The van der Waals surface area contributed by atoms with E-state index in [-0.39, 0.29) is 6.61 Å². The van der Waals surface area contributed by atoms with Crippen LogP contribution >= 0.6 is 11.3 Å². The molecule has 1 aromatic heterocycles. The number of anilines is 1. The zero-order chi connectivity index (χ0) is 20.5. The molecule has 2 aromatic rings. The fourth-order valence-electron chi connectivity index (χ4n) is 2.51. The molecule has 0 aliphatic heterocycles. The number of benzene rings is 1. The van der Waals surface area contributed by atoms with Crippen molar-refractivity contribution in [2.24, 2.45) is 0 Å². The second-order valence-electron chi connectivity index (χ2n) is 5.83. The molecule has 0 atom stereocenters. The van der Waals surface area contributed by atoms with Gasteiger partial charge >= 0.3 is 11.9 Å². The zero-order valence-corrected chi connectivity index (χ0v) is 16.9. The van der Waals surface area contributed by atoms with Gasteiger partial charge in [-0.15, -0.1) is 11.3 Å². The first-order valence-corrected chi connectivity index (χ1v) is 9.77. The van der Waals surface area contributed by atoms with Crippen LogP contribution in [0.2, 0.25) is 0 Å². The van der Waals surface area contributed by atoms with Gasteiger partial charge in [0.05, 0.1) is 12.2 Å². The summed E-state index contributed by atoms with van der Waals surface area (Å²) < 4.78 is 10.0. The van der Waals surface area contributed by atoms with E-state index in [2.05, 4.69) is 5.32 Å². The molecule has 0 aliphatic carbocycles. The minimum atomic E-state index is -0.624. The molecular weight excluding hydrogens is 378 g/mol. The lowest BCUT2D eigenvalue weighted by Crippen LogP contribution is -2.21. The fourth-order valence-corrected chi connectivity index (χ4v) is 3.66. The molecule has 0 radical (unpaired) electrons. The summed E-state index contributed by atoms with van der Waals surface area (Å²) in [5.41, 5.74) is 2.00. The standard InChI is InChI=1S/C21H23NO5S/c1-4-16-14(3)19(21(25)26-5-2)20(28-16)22-17(23)13-27-18(24)12-11-15-9-7-6-8-10-15/h6-12H,4-5,13H2,1-3H3,(H,22,23)/b12-11+. The van der Waals surface area contributed by atoms with Crippen LogP contribution in [0.15, 0.2) is 36.4 Å². The van der Waals surface area contributed by atoms with E-state index in [1.807, 2.05) is 44.2 Å². The predicted octanol–water partition coefficient (Wildman–Crippen LogP) is 3.99. The number of amides is 1. The molecule has 1 heterocycles. The van der Waals surface area contributed by atoms with E-state index >= 15 is 0 Å². The van der Waals surface area contributed by atoms with Crippen molar-refractivity contribution < 1.29 is 23.9 Å². The quantitative estimate of drug-likeness (QED) is 0.534. The summed E-state index contributed by atoms with van der Waals surface area (Å²) >= 11 is 1.32. The summed E-state index contributed by atoms with van der Waals surface area (Å²) in [5.74, 6) is -1.62. The van der Waals surface area contributed by atoms with Crippen LogP contribution in [-0.2, 0) is 25.5 Å². The molecule has 0 aliphatic rings. The molecule has 28 heavy (non-hydrogen) atoms. The summed E-state index contributed by atoms with van der Waals surface area (Å²) in [4.78, 5) is 37.2. The van der Waals surface area contributed by atoms with Crippen LogP contribution in [0.5, 0.6) is 0 Å². The maximum atomic E-state index is 12.2. The SMILES string of the molecule is CCOC(=O)c1c(NC(=O)COC(=O)/C=C/c2ccccc2)sc(CC)c1C. The molecule has 2 rings (SSSR count). The van der Waals surface area contributed by atoms with E-state index in [9.17, 15) is 14.4 Å². The van der Waals surface area contributed by atoms with Gasteiger partial charge in [0, 0.05) is 11.0 Å². The molecule has 0 fully saturated rings. The van der Waals surface area contributed by atoms with Crippen LogP contribution in [0.25, 0.3) is 6.08 Å². The highest BCUT2D eigenvalue weighted by Crippen LogP contribution is 2.34. The Hall–Kier alpha value is -2.93. The fraction of sp³-hybridized carbons (Fsp3) is 0.286. The third kappa shape index (κ3) is 5.79. The van der Waals surface area contributed by atoms with Crippen molar-refractivity contribution in [1.29, 1.82) is 0 Å². The number of thiophene rings is 1. The first-order chi connectivity index (χ1) is 13.5. The van der Waals surface area contributed by atoms with Crippen LogP contribution in [0, 0.1) is 6.92 Å². The largest absolute Gasteiger partial charge is 0.462 e. The lowest BCUT2D eigenvalue weighted by Gasteiger charge is -2.07. The third-order valence-corrected chi connectivity index (χ3v) is 5.21. The van der Waals surface area contributed by atoms with Gasteiger partial charge in [0.25, 0.3) is 5.91 Å². The molecular formula is C21H23NO5S. The maximum absolute atomic E-state index is 12.2. The number of hydrogen-bond donors (Lipinski definition) is 1. The number of nitrogens with one attached hydrogen (secondary N) is 1. The summed E-state index contributed by atoms with van der Waals surface area (Å²) in [7, 11) is 0. The van der Waals surface area contributed by atoms with Crippen LogP contribution in [0.3, 0.4) is 0 Å². The van der Waals surface area contributed by atoms with Gasteiger partial charge in [-0.1, -0.05) is 37.3 Å². The van der Waals surface area contributed by atoms with E-state index < -0.39 is 24.5 Å². The summed E-state index contributed by atoms with van der Waals surface area (Å²) in [6.07, 6.45) is 3.60. The summed E-state index contributed by atoms with van der Waals surface area (Å²) in [6, 6.07) is 9.27. The molecule has 0 saturated heterocycles.